The lowest BCUT2D eigenvalue weighted by molar-refractivity contribution is -0.143. The van der Waals surface area contributed by atoms with E-state index in [9.17, 15) is 9.59 Å². The first-order chi connectivity index (χ1) is 11.4. The highest BCUT2D eigenvalue weighted by Gasteiger charge is 2.31. The van der Waals surface area contributed by atoms with Gasteiger partial charge < -0.3 is 20.3 Å². The van der Waals surface area contributed by atoms with Crippen LogP contribution in [0.4, 0.5) is 0 Å². The monoisotopic (exact) mass is 389 g/mol. The van der Waals surface area contributed by atoms with E-state index in [4.69, 9.17) is 22.1 Å². The van der Waals surface area contributed by atoms with Crippen LogP contribution in [-0.4, -0.2) is 67.0 Å². The lowest BCUT2D eigenvalue weighted by atomic mass is 10.1. The van der Waals surface area contributed by atoms with Crippen LogP contribution in [0.3, 0.4) is 0 Å². The van der Waals surface area contributed by atoms with Crippen molar-refractivity contribution in [3.05, 3.63) is 34.9 Å². The number of ether oxygens (including phenoxy) is 1. The molecule has 1 aliphatic rings. The molecule has 1 saturated heterocycles. The van der Waals surface area contributed by atoms with Crippen LogP contribution in [0.2, 0.25) is 5.02 Å². The van der Waals surface area contributed by atoms with Crippen LogP contribution >= 0.6 is 24.0 Å². The van der Waals surface area contributed by atoms with E-state index in [1.807, 2.05) is 24.0 Å². The zero-order valence-corrected chi connectivity index (χ0v) is 16.1. The summed E-state index contributed by atoms with van der Waals surface area (Å²) in [6.07, 6.45) is 0.308. The van der Waals surface area contributed by atoms with Crippen LogP contribution < -0.4 is 5.73 Å². The number of carbonyl (C=O) groups is 2. The van der Waals surface area contributed by atoms with Crippen LogP contribution in [0.15, 0.2) is 24.3 Å². The van der Waals surface area contributed by atoms with Gasteiger partial charge in [-0.15, -0.1) is 12.4 Å². The van der Waals surface area contributed by atoms with Crippen molar-refractivity contribution in [2.24, 2.45) is 5.73 Å². The first-order valence-electron chi connectivity index (χ1n) is 7.99. The van der Waals surface area contributed by atoms with E-state index < -0.39 is 6.04 Å². The number of piperazine rings is 1. The molecule has 2 N–H and O–H groups in total. The second-order valence-corrected chi connectivity index (χ2v) is 6.53. The van der Waals surface area contributed by atoms with Gasteiger partial charge in [-0.25, -0.2) is 0 Å². The molecule has 2 amide bonds. The van der Waals surface area contributed by atoms with Gasteiger partial charge in [0.15, 0.2) is 0 Å². The molecule has 2 unspecified atom stereocenters. The Bertz CT molecular complexity index is 600. The fourth-order valence-corrected chi connectivity index (χ4v) is 3.15. The van der Waals surface area contributed by atoms with Crippen molar-refractivity contribution in [3.63, 3.8) is 0 Å². The average molecular weight is 390 g/mol. The van der Waals surface area contributed by atoms with Gasteiger partial charge in [-0.1, -0.05) is 23.7 Å². The molecule has 0 aromatic heterocycles. The lowest BCUT2D eigenvalue weighted by Crippen LogP contribution is -2.58. The maximum Gasteiger partial charge on any atom is 0.242 e. The number of benzene rings is 1. The Morgan fingerprint density at radius 1 is 1.40 bits per heavy atom. The highest BCUT2D eigenvalue weighted by Crippen LogP contribution is 2.15. The third kappa shape index (κ3) is 5.85. The predicted molar refractivity (Wildman–Crippen MR) is 100 cm³/mol. The van der Waals surface area contributed by atoms with Crippen LogP contribution in [0.5, 0.6) is 0 Å². The molecule has 0 aliphatic carbocycles. The predicted octanol–water partition coefficient (Wildman–Crippen LogP) is 1.34. The molecule has 1 aromatic carbocycles. The van der Waals surface area contributed by atoms with E-state index in [2.05, 4.69) is 0 Å². The summed E-state index contributed by atoms with van der Waals surface area (Å²) in [5.74, 6) is -0.0938. The molecule has 25 heavy (non-hydrogen) atoms. The fraction of sp³-hybridized carbons (Fsp3) is 0.529. The fourth-order valence-electron chi connectivity index (χ4n) is 2.94. The number of rotatable bonds is 5. The Kier molecular flexibility index (Phi) is 8.65. The Morgan fingerprint density at radius 3 is 2.72 bits per heavy atom. The van der Waals surface area contributed by atoms with E-state index in [0.717, 1.165) is 5.56 Å². The van der Waals surface area contributed by atoms with Crippen molar-refractivity contribution >= 4 is 35.8 Å². The van der Waals surface area contributed by atoms with Gasteiger partial charge in [0, 0.05) is 37.8 Å². The van der Waals surface area contributed by atoms with Crippen molar-refractivity contribution in [3.8, 4) is 0 Å². The van der Waals surface area contributed by atoms with Crippen molar-refractivity contribution in [1.29, 1.82) is 0 Å². The van der Waals surface area contributed by atoms with Crippen molar-refractivity contribution in [2.45, 2.75) is 25.4 Å². The third-order valence-corrected chi connectivity index (χ3v) is 4.40. The highest BCUT2D eigenvalue weighted by atomic mass is 35.5. The molecule has 0 spiro atoms. The summed E-state index contributed by atoms with van der Waals surface area (Å²) < 4.78 is 4.93. The number of nitrogens with zero attached hydrogens (tertiary/aromatic N) is 2. The third-order valence-electron chi connectivity index (χ3n) is 4.17. The summed E-state index contributed by atoms with van der Waals surface area (Å²) >= 11 is 5.96. The SMILES string of the molecule is COCC(N)C(=O)N1CCN(C(=O)Cc2cccc(Cl)c2)C(C)C1.Cl. The Hall–Kier alpha value is -1.34. The van der Waals surface area contributed by atoms with Gasteiger partial charge in [-0.05, 0) is 24.6 Å². The molecule has 0 radical (unpaired) electrons. The molecular formula is C17H25Cl2N3O3. The maximum atomic E-state index is 12.5. The molecular weight excluding hydrogens is 365 g/mol. The maximum absolute atomic E-state index is 12.5. The first-order valence-corrected chi connectivity index (χ1v) is 8.37. The smallest absolute Gasteiger partial charge is 0.242 e. The van der Waals surface area contributed by atoms with Crippen LogP contribution in [0.25, 0.3) is 0 Å². The minimum atomic E-state index is -0.657. The second-order valence-electron chi connectivity index (χ2n) is 6.09. The van der Waals surface area contributed by atoms with Crippen molar-refractivity contribution in [2.75, 3.05) is 33.4 Å². The van der Waals surface area contributed by atoms with Crippen LogP contribution in [0.1, 0.15) is 12.5 Å². The summed E-state index contributed by atoms with van der Waals surface area (Å²) in [5, 5.41) is 0.621. The quantitative estimate of drug-likeness (QED) is 0.823. The summed E-state index contributed by atoms with van der Waals surface area (Å²) in [5.41, 5.74) is 6.69. The Balaban J connectivity index is 0.00000312. The summed E-state index contributed by atoms with van der Waals surface area (Å²) in [6.45, 7) is 3.61. The van der Waals surface area contributed by atoms with Crippen molar-refractivity contribution in [1.82, 2.24) is 9.80 Å². The standard InChI is InChI=1S/C17H24ClN3O3.ClH/c1-12-10-20(17(23)15(19)11-24-2)6-7-21(12)16(22)9-13-4-3-5-14(18)8-13;/h3-5,8,12,15H,6-7,9-11,19H2,1-2H3;1H. The van der Waals surface area contributed by atoms with E-state index in [1.54, 1.807) is 17.0 Å². The molecule has 2 atom stereocenters. The summed E-state index contributed by atoms with van der Waals surface area (Å²) in [4.78, 5) is 28.3. The number of amides is 2. The van der Waals surface area contributed by atoms with Gasteiger partial charge >= 0.3 is 0 Å². The minimum absolute atomic E-state index is 0. The van der Waals surface area contributed by atoms with Crippen LogP contribution in [0, 0.1) is 0 Å². The normalized spacial score (nSPS) is 18.5. The molecule has 1 heterocycles. The van der Waals surface area contributed by atoms with Crippen molar-refractivity contribution < 1.29 is 14.3 Å². The van der Waals surface area contributed by atoms with E-state index in [-0.39, 0.29) is 36.9 Å². The van der Waals surface area contributed by atoms with Gasteiger partial charge in [0.2, 0.25) is 11.8 Å². The highest BCUT2D eigenvalue weighted by molar-refractivity contribution is 6.30. The molecule has 8 heteroatoms. The second kappa shape index (κ2) is 9.97. The Labute approximate surface area is 159 Å². The van der Waals surface area contributed by atoms with E-state index >= 15 is 0 Å². The van der Waals surface area contributed by atoms with Crippen LogP contribution in [-0.2, 0) is 20.7 Å². The number of hydrogen-bond donors (Lipinski definition) is 1. The van der Waals surface area contributed by atoms with Gasteiger partial charge in [0.05, 0.1) is 13.0 Å². The first kappa shape index (κ1) is 21.7. The van der Waals surface area contributed by atoms with Gasteiger partial charge in [-0.2, -0.15) is 0 Å². The molecule has 2 rings (SSSR count). The lowest BCUT2D eigenvalue weighted by Gasteiger charge is -2.40. The van der Waals surface area contributed by atoms with Gasteiger partial charge in [0.1, 0.15) is 6.04 Å². The summed E-state index contributed by atoms with van der Waals surface area (Å²) in [7, 11) is 1.52. The number of hydrogen-bond acceptors (Lipinski definition) is 4. The molecule has 1 fully saturated rings. The van der Waals surface area contributed by atoms with E-state index in [1.165, 1.54) is 7.11 Å². The van der Waals surface area contributed by atoms with Gasteiger partial charge in [-0.3, -0.25) is 9.59 Å². The Morgan fingerprint density at radius 2 is 2.12 bits per heavy atom. The largest absolute Gasteiger partial charge is 0.383 e. The number of methoxy groups -OCH3 is 1. The molecule has 1 aromatic rings. The van der Waals surface area contributed by atoms with E-state index in [0.29, 0.717) is 31.1 Å². The molecule has 0 bridgehead atoms. The molecule has 0 saturated carbocycles. The number of halogens is 2. The summed E-state index contributed by atoms with van der Waals surface area (Å²) in [6, 6.07) is 6.60. The number of nitrogens with two attached hydrogens (primary N) is 1. The molecule has 1 aliphatic heterocycles. The zero-order chi connectivity index (χ0) is 17.7. The molecule has 140 valence electrons. The van der Waals surface area contributed by atoms with Gasteiger partial charge in [0.25, 0.3) is 0 Å². The zero-order valence-electron chi connectivity index (χ0n) is 14.5. The molecule has 6 nitrogen and oxygen atoms in total. The minimum Gasteiger partial charge on any atom is -0.383 e. The number of carbonyl (C=O) groups excluding carboxylic acids is 2. The average Bonchev–Trinajstić information content (AvgIpc) is 2.54. The topological polar surface area (TPSA) is 75.9 Å².